The maximum Gasteiger partial charge on any atom is 0.265 e. The summed E-state index contributed by atoms with van der Waals surface area (Å²) in [5.74, 6) is 0.219. The highest BCUT2D eigenvalue weighted by Crippen LogP contribution is 2.20. The Balaban J connectivity index is 1.42. The van der Waals surface area contributed by atoms with E-state index < -0.39 is 0 Å². The van der Waals surface area contributed by atoms with Crippen LogP contribution >= 0.6 is 34.9 Å². The molecule has 0 saturated heterocycles. The van der Waals surface area contributed by atoms with E-state index >= 15 is 0 Å². The molecule has 0 aliphatic heterocycles. The zero-order valence-electron chi connectivity index (χ0n) is 16.7. The number of thiophene rings is 1. The number of carbonyl (C=O) groups excluding carboxylic acids is 2. The van der Waals surface area contributed by atoms with Crippen molar-refractivity contribution in [3.05, 3.63) is 86.5 Å². The van der Waals surface area contributed by atoms with Crippen molar-refractivity contribution in [2.45, 2.75) is 13.0 Å². The Morgan fingerprint density at radius 3 is 2.84 bits per heavy atom. The lowest BCUT2D eigenvalue weighted by molar-refractivity contribution is 0.101. The number of amides is 2. The number of benzene rings is 1. The molecule has 32 heavy (non-hydrogen) atoms. The standard InChI is InChI=1S/C21H18N6O2S3/c1-2-8-27-17(25-26-21(27)30)11-15-12-32-20(23-15)24-18(28)13-5-3-6-14(10-13)22-19(29)16-7-4-9-31-16/h2-7,9-10,12H,1,8,11H2,(H,22,29)(H,26,30)(H,23,24,28). The summed E-state index contributed by atoms with van der Waals surface area (Å²) in [7, 11) is 0. The largest absolute Gasteiger partial charge is 0.321 e. The third kappa shape index (κ3) is 5.07. The van der Waals surface area contributed by atoms with Crippen molar-refractivity contribution >= 4 is 57.5 Å². The fourth-order valence-electron chi connectivity index (χ4n) is 2.92. The van der Waals surface area contributed by atoms with Crippen LogP contribution in [0.25, 0.3) is 0 Å². The third-order valence-corrected chi connectivity index (χ3v) is 6.37. The van der Waals surface area contributed by atoms with Gasteiger partial charge in [-0.05, 0) is 41.9 Å². The van der Waals surface area contributed by atoms with Crippen LogP contribution in [0.5, 0.6) is 0 Å². The number of aromatic nitrogens is 4. The molecule has 162 valence electrons. The molecule has 4 aromatic rings. The van der Waals surface area contributed by atoms with Gasteiger partial charge in [-0.15, -0.1) is 29.3 Å². The number of allylic oxidation sites excluding steroid dienone is 1. The van der Waals surface area contributed by atoms with E-state index in [-0.39, 0.29) is 11.8 Å². The monoisotopic (exact) mass is 482 g/mol. The van der Waals surface area contributed by atoms with Gasteiger partial charge in [0.15, 0.2) is 9.90 Å². The molecule has 0 atom stereocenters. The Bertz CT molecular complexity index is 1320. The topological polar surface area (TPSA) is 105 Å². The lowest BCUT2D eigenvalue weighted by Crippen LogP contribution is -2.14. The quantitative estimate of drug-likeness (QED) is 0.249. The molecule has 4 rings (SSSR count). The van der Waals surface area contributed by atoms with Crippen LogP contribution in [0.1, 0.15) is 31.5 Å². The van der Waals surface area contributed by atoms with Gasteiger partial charge in [-0.1, -0.05) is 18.2 Å². The smallest absolute Gasteiger partial charge is 0.265 e. The molecular weight excluding hydrogens is 464 g/mol. The average Bonchev–Trinajstić information content (AvgIpc) is 3.53. The highest BCUT2D eigenvalue weighted by atomic mass is 32.1. The molecule has 0 spiro atoms. The third-order valence-electron chi connectivity index (χ3n) is 4.39. The van der Waals surface area contributed by atoms with Crippen LogP contribution in [0.4, 0.5) is 10.8 Å². The van der Waals surface area contributed by atoms with Crippen molar-refractivity contribution in [2.75, 3.05) is 10.6 Å². The Morgan fingerprint density at radius 1 is 1.19 bits per heavy atom. The van der Waals surface area contributed by atoms with Crippen LogP contribution in [0.15, 0.2) is 59.8 Å². The lowest BCUT2D eigenvalue weighted by atomic mass is 10.2. The van der Waals surface area contributed by atoms with Gasteiger partial charge >= 0.3 is 0 Å². The number of anilines is 2. The first-order chi connectivity index (χ1) is 15.5. The van der Waals surface area contributed by atoms with E-state index in [0.29, 0.717) is 39.0 Å². The highest BCUT2D eigenvalue weighted by molar-refractivity contribution is 7.71. The van der Waals surface area contributed by atoms with Gasteiger partial charge in [0.05, 0.1) is 17.0 Å². The van der Waals surface area contributed by atoms with Crippen LogP contribution in [0.3, 0.4) is 0 Å². The van der Waals surface area contributed by atoms with E-state index in [0.717, 1.165) is 11.5 Å². The molecule has 0 aliphatic carbocycles. The molecule has 0 bridgehead atoms. The summed E-state index contributed by atoms with van der Waals surface area (Å²) in [5, 5.41) is 16.8. The molecule has 0 unspecified atom stereocenters. The van der Waals surface area contributed by atoms with Gasteiger partial charge in [0.1, 0.15) is 5.82 Å². The lowest BCUT2D eigenvalue weighted by Gasteiger charge is -2.06. The van der Waals surface area contributed by atoms with Gasteiger partial charge in [-0.2, -0.15) is 5.10 Å². The highest BCUT2D eigenvalue weighted by Gasteiger charge is 2.13. The van der Waals surface area contributed by atoms with E-state index in [4.69, 9.17) is 12.2 Å². The number of thiazole rings is 1. The van der Waals surface area contributed by atoms with E-state index in [2.05, 4.69) is 32.4 Å². The van der Waals surface area contributed by atoms with Gasteiger partial charge < -0.3 is 5.32 Å². The molecule has 1 aromatic carbocycles. The molecule has 11 heteroatoms. The van der Waals surface area contributed by atoms with Gasteiger partial charge in [-0.25, -0.2) is 4.98 Å². The first kappa shape index (κ1) is 21.8. The van der Waals surface area contributed by atoms with Crippen LogP contribution in [-0.2, 0) is 13.0 Å². The van der Waals surface area contributed by atoms with Crippen molar-refractivity contribution in [1.82, 2.24) is 19.7 Å². The minimum absolute atomic E-state index is 0.212. The zero-order valence-corrected chi connectivity index (χ0v) is 19.1. The number of H-pyrrole nitrogens is 1. The van der Waals surface area contributed by atoms with E-state index in [1.807, 2.05) is 21.4 Å². The number of nitrogens with one attached hydrogen (secondary N) is 3. The predicted molar refractivity (Wildman–Crippen MR) is 129 cm³/mol. The minimum atomic E-state index is -0.313. The number of hydrogen-bond donors (Lipinski definition) is 3. The number of aromatic amines is 1. The fourth-order valence-corrected chi connectivity index (χ4v) is 4.47. The Morgan fingerprint density at radius 2 is 2.06 bits per heavy atom. The number of nitrogens with zero attached hydrogens (tertiary/aromatic N) is 3. The molecule has 2 amide bonds. The first-order valence-electron chi connectivity index (χ1n) is 9.49. The SMILES string of the molecule is C=CCn1c(Cc2csc(NC(=O)c3cccc(NC(=O)c4cccs4)c3)n2)n[nH]c1=S. The van der Waals surface area contributed by atoms with Crippen molar-refractivity contribution in [3.63, 3.8) is 0 Å². The summed E-state index contributed by atoms with van der Waals surface area (Å²) in [6, 6.07) is 10.3. The number of hydrogen-bond acceptors (Lipinski definition) is 7. The Hall–Kier alpha value is -3.41. The van der Waals surface area contributed by atoms with Crippen molar-refractivity contribution in [3.8, 4) is 0 Å². The Kier molecular flexibility index (Phi) is 6.69. The summed E-state index contributed by atoms with van der Waals surface area (Å²) in [5.41, 5.74) is 1.72. The van der Waals surface area contributed by atoms with Crippen LogP contribution in [-0.4, -0.2) is 31.6 Å². The second kappa shape index (κ2) is 9.81. The molecular formula is C21H18N6O2S3. The molecule has 0 fully saturated rings. The van der Waals surface area contributed by atoms with Gasteiger partial charge in [0.2, 0.25) is 0 Å². The fraction of sp³-hybridized carbons (Fsp3) is 0.0952. The molecule has 3 aromatic heterocycles. The molecule has 0 aliphatic rings. The molecule has 0 saturated carbocycles. The maximum absolute atomic E-state index is 12.7. The summed E-state index contributed by atoms with van der Waals surface area (Å²) >= 11 is 7.91. The number of rotatable bonds is 8. The van der Waals surface area contributed by atoms with Crippen LogP contribution < -0.4 is 10.6 Å². The van der Waals surface area contributed by atoms with E-state index in [9.17, 15) is 9.59 Å². The summed E-state index contributed by atoms with van der Waals surface area (Å²) < 4.78 is 2.37. The predicted octanol–water partition coefficient (Wildman–Crippen LogP) is 4.74. The summed E-state index contributed by atoms with van der Waals surface area (Å²) in [4.78, 5) is 30.0. The van der Waals surface area contributed by atoms with Crippen LogP contribution in [0.2, 0.25) is 0 Å². The van der Waals surface area contributed by atoms with Gasteiger partial charge in [0.25, 0.3) is 11.8 Å². The number of carbonyl (C=O) groups is 2. The molecule has 8 nitrogen and oxygen atoms in total. The average molecular weight is 483 g/mol. The summed E-state index contributed by atoms with van der Waals surface area (Å²) in [6.45, 7) is 4.29. The zero-order chi connectivity index (χ0) is 22.5. The van der Waals surface area contributed by atoms with E-state index in [1.54, 1.807) is 36.4 Å². The minimum Gasteiger partial charge on any atom is -0.321 e. The second-order valence-corrected chi connectivity index (χ2v) is 8.82. The summed E-state index contributed by atoms with van der Waals surface area (Å²) in [6.07, 6.45) is 2.22. The maximum atomic E-state index is 12.7. The van der Waals surface area contributed by atoms with Gasteiger partial charge in [0, 0.05) is 23.2 Å². The molecule has 0 radical (unpaired) electrons. The molecule has 3 N–H and O–H groups in total. The Labute approximate surface area is 196 Å². The second-order valence-electron chi connectivity index (χ2n) is 6.63. The normalized spacial score (nSPS) is 10.6. The molecule has 3 heterocycles. The van der Waals surface area contributed by atoms with Crippen molar-refractivity contribution in [2.24, 2.45) is 0 Å². The van der Waals surface area contributed by atoms with Crippen molar-refractivity contribution in [1.29, 1.82) is 0 Å². The van der Waals surface area contributed by atoms with Crippen LogP contribution in [0, 0.1) is 4.77 Å². The van der Waals surface area contributed by atoms with E-state index in [1.165, 1.54) is 22.7 Å². The van der Waals surface area contributed by atoms with Crippen molar-refractivity contribution < 1.29 is 9.59 Å². The van der Waals surface area contributed by atoms with Gasteiger partial charge in [-0.3, -0.25) is 24.6 Å². The first-order valence-corrected chi connectivity index (χ1v) is 11.7.